The molecule has 0 radical (unpaired) electrons. The van der Waals surface area contributed by atoms with Crippen molar-refractivity contribution in [1.29, 1.82) is 0 Å². The molecule has 0 saturated carbocycles. The van der Waals surface area contributed by atoms with Crippen molar-refractivity contribution >= 4 is 28.6 Å². The lowest BCUT2D eigenvalue weighted by molar-refractivity contribution is 0.0343. The van der Waals surface area contributed by atoms with Gasteiger partial charge >= 0.3 is 6.09 Å². The molecule has 1 fully saturated rings. The highest BCUT2D eigenvalue weighted by molar-refractivity contribution is 6.31. The van der Waals surface area contributed by atoms with E-state index in [0.717, 1.165) is 67.0 Å². The number of nitrogens with one attached hydrogen (secondary N) is 1. The number of aromatic nitrogens is 1. The van der Waals surface area contributed by atoms with Gasteiger partial charge in [-0.3, -0.25) is 4.90 Å². The van der Waals surface area contributed by atoms with Crippen LogP contribution >= 0.6 is 11.6 Å². The summed E-state index contributed by atoms with van der Waals surface area (Å²) >= 11 is 6.28. The fourth-order valence-corrected chi connectivity index (χ4v) is 4.18. The maximum atomic E-state index is 11.8. The van der Waals surface area contributed by atoms with Gasteiger partial charge in [-0.2, -0.15) is 0 Å². The maximum Gasteiger partial charge on any atom is 0.407 e. The van der Waals surface area contributed by atoms with E-state index in [0.29, 0.717) is 11.6 Å². The summed E-state index contributed by atoms with van der Waals surface area (Å²) in [6, 6.07) is 16.4. The van der Waals surface area contributed by atoms with E-state index in [2.05, 4.69) is 46.6 Å². The lowest BCUT2D eigenvalue weighted by atomic mass is 10.0. The Bertz CT molecular complexity index is 1140. The molecule has 0 bridgehead atoms. The molecule has 1 aliphatic heterocycles. The highest BCUT2D eigenvalue weighted by Gasteiger charge is 2.16. The molecule has 2 aromatic carbocycles. The molecule has 4 rings (SSSR count). The predicted octanol–water partition coefficient (Wildman–Crippen LogP) is 5.45. The summed E-state index contributed by atoms with van der Waals surface area (Å²) in [5, 5.41) is 4.62. The molecule has 0 atom stereocenters. The highest BCUT2D eigenvalue weighted by Crippen LogP contribution is 2.28. The largest absolute Gasteiger partial charge is 0.444 e. The SMILES string of the molecule is CC(C)(C)OC(=O)NCCc1ccc(-c2cc(CN3CCOCC3)c3ccc(Cl)cc3n2)cc1. The fraction of sp³-hybridized carbons (Fsp3) is 0.407. The van der Waals surface area contributed by atoms with E-state index >= 15 is 0 Å². The van der Waals surface area contributed by atoms with Gasteiger partial charge in [-0.05, 0) is 56.5 Å². The summed E-state index contributed by atoms with van der Waals surface area (Å²) in [5.74, 6) is 0. The average molecular weight is 482 g/mol. The van der Waals surface area contributed by atoms with Gasteiger partial charge in [0.1, 0.15) is 5.60 Å². The summed E-state index contributed by atoms with van der Waals surface area (Å²) < 4.78 is 10.8. The van der Waals surface area contributed by atoms with Gasteiger partial charge in [-0.15, -0.1) is 0 Å². The number of amides is 1. The van der Waals surface area contributed by atoms with Crippen molar-refractivity contribution in [3.63, 3.8) is 0 Å². The minimum Gasteiger partial charge on any atom is -0.444 e. The number of ether oxygens (including phenoxy) is 2. The Morgan fingerprint density at radius 1 is 1.12 bits per heavy atom. The second-order valence-corrected chi connectivity index (χ2v) is 10.0. The van der Waals surface area contributed by atoms with Crippen molar-refractivity contribution in [2.24, 2.45) is 0 Å². The van der Waals surface area contributed by atoms with Crippen LogP contribution in [-0.2, 0) is 22.4 Å². The van der Waals surface area contributed by atoms with Gasteiger partial charge < -0.3 is 14.8 Å². The van der Waals surface area contributed by atoms with Crippen LogP contribution in [0.15, 0.2) is 48.5 Å². The topological polar surface area (TPSA) is 63.7 Å². The third-order valence-electron chi connectivity index (χ3n) is 5.69. The second kappa shape index (κ2) is 10.7. The fourth-order valence-electron chi connectivity index (χ4n) is 4.02. The van der Waals surface area contributed by atoms with Crippen LogP contribution in [0, 0.1) is 0 Å². The Kier molecular flexibility index (Phi) is 7.71. The summed E-state index contributed by atoms with van der Waals surface area (Å²) in [6.45, 7) is 10.3. The lowest BCUT2D eigenvalue weighted by Crippen LogP contribution is -2.35. The van der Waals surface area contributed by atoms with Crippen LogP contribution in [-0.4, -0.2) is 54.4 Å². The Morgan fingerprint density at radius 3 is 2.56 bits per heavy atom. The molecule has 1 aromatic heterocycles. The number of fused-ring (bicyclic) bond motifs is 1. The third-order valence-corrected chi connectivity index (χ3v) is 5.92. The summed E-state index contributed by atoms with van der Waals surface area (Å²) in [6.07, 6.45) is 0.332. The van der Waals surface area contributed by atoms with Gasteiger partial charge in [-0.25, -0.2) is 9.78 Å². The Morgan fingerprint density at radius 2 is 1.85 bits per heavy atom. The van der Waals surface area contributed by atoms with Crippen molar-refractivity contribution < 1.29 is 14.3 Å². The van der Waals surface area contributed by atoms with Crippen LogP contribution in [0.3, 0.4) is 0 Å². The van der Waals surface area contributed by atoms with E-state index in [4.69, 9.17) is 26.1 Å². The van der Waals surface area contributed by atoms with Gasteiger partial charge in [0, 0.05) is 42.2 Å². The van der Waals surface area contributed by atoms with Crippen molar-refractivity contribution in [2.75, 3.05) is 32.8 Å². The number of morpholine rings is 1. The van der Waals surface area contributed by atoms with Gasteiger partial charge in [0.05, 0.1) is 24.4 Å². The number of hydrogen-bond acceptors (Lipinski definition) is 5. The van der Waals surface area contributed by atoms with Crippen molar-refractivity contribution in [3.05, 3.63) is 64.7 Å². The lowest BCUT2D eigenvalue weighted by Gasteiger charge is -2.27. The zero-order chi connectivity index (χ0) is 24.1. The van der Waals surface area contributed by atoms with Gasteiger partial charge in [-0.1, -0.05) is 41.9 Å². The number of carbonyl (C=O) groups excluding carboxylic acids is 1. The number of carbonyl (C=O) groups is 1. The molecule has 3 aromatic rings. The average Bonchev–Trinajstić information content (AvgIpc) is 2.78. The molecular formula is C27H32ClN3O3. The van der Waals surface area contributed by atoms with E-state index in [1.165, 1.54) is 5.56 Å². The van der Waals surface area contributed by atoms with E-state index in [9.17, 15) is 4.79 Å². The molecule has 180 valence electrons. The number of halogens is 1. The molecule has 2 heterocycles. The number of pyridine rings is 1. The number of hydrogen-bond donors (Lipinski definition) is 1. The molecule has 0 spiro atoms. The molecule has 6 nitrogen and oxygen atoms in total. The second-order valence-electron chi connectivity index (χ2n) is 9.59. The third kappa shape index (κ3) is 6.69. The van der Waals surface area contributed by atoms with Gasteiger partial charge in [0.2, 0.25) is 0 Å². The maximum absolute atomic E-state index is 11.8. The van der Waals surface area contributed by atoms with Crippen LogP contribution in [0.25, 0.3) is 22.2 Å². The summed E-state index contributed by atoms with van der Waals surface area (Å²) in [7, 11) is 0. The standard InChI is InChI=1S/C27H32ClN3O3/c1-27(2,3)34-26(32)29-11-10-19-4-6-20(7-5-19)24-16-21(18-31-12-14-33-15-13-31)23-9-8-22(28)17-25(23)30-24/h4-9,16-17H,10-15,18H2,1-3H3,(H,29,32). The quantitative estimate of drug-likeness (QED) is 0.507. The van der Waals surface area contributed by atoms with Crippen LogP contribution < -0.4 is 5.32 Å². The number of nitrogens with zero attached hydrogens (tertiary/aromatic N) is 2. The van der Waals surface area contributed by atoms with Crippen LogP contribution in [0.5, 0.6) is 0 Å². The molecule has 0 unspecified atom stereocenters. The smallest absolute Gasteiger partial charge is 0.407 e. The van der Waals surface area contributed by atoms with Crippen LogP contribution in [0.1, 0.15) is 31.9 Å². The Balaban J connectivity index is 1.49. The van der Waals surface area contributed by atoms with Gasteiger partial charge in [0.25, 0.3) is 0 Å². The van der Waals surface area contributed by atoms with E-state index in [-0.39, 0.29) is 0 Å². The molecule has 34 heavy (non-hydrogen) atoms. The number of rotatable bonds is 6. The van der Waals surface area contributed by atoms with Crippen molar-refractivity contribution in [1.82, 2.24) is 15.2 Å². The first kappa shape index (κ1) is 24.5. The zero-order valence-corrected chi connectivity index (χ0v) is 20.8. The number of alkyl carbamates (subject to hydrolysis) is 1. The number of benzene rings is 2. The first-order chi connectivity index (χ1) is 16.3. The molecule has 7 heteroatoms. The van der Waals surface area contributed by atoms with Gasteiger partial charge in [0.15, 0.2) is 0 Å². The van der Waals surface area contributed by atoms with Crippen molar-refractivity contribution in [2.45, 2.75) is 39.3 Å². The van der Waals surface area contributed by atoms with E-state index in [1.807, 2.05) is 32.9 Å². The molecule has 1 aliphatic rings. The zero-order valence-electron chi connectivity index (χ0n) is 20.1. The highest BCUT2D eigenvalue weighted by atomic mass is 35.5. The monoisotopic (exact) mass is 481 g/mol. The van der Waals surface area contributed by atoms with Crippen molar-refractivity contribution in [3.8, 4) is 11.3 Å². The molecular weight excluding hydrogens is 450 g/mol. The summed E-state index contributed by atoms with van der Waals surface area (Å²) in [5.41, 5.74) is 4.76. The molecule has 0 aliphatic carbocycles. The first-order valence-electron chi connectivity index (χ1n) is 11.7. The normalized spacial score (nSPS) is 14.8. The predicted molar refractivity (Wildman–Crippen MR) is 136 cm³/mol. The first-order valence-corrected chi connectivity index (χ1v) is 12.1. The molecule has 1 amide bonds. The van der Waals surface area contributed by atoms with E-state index < -0.39 is 11.7 Å². The minimum atomic E-state index is -0.497. The Labute approximate surface area is 206 Å². The molecule has 1 N–H and O–H groups in total. The minimum absolute atomic E-state index is 0.393. The van der Waals surface area contributed by atoms with E-state index in [1.54, 1.807) is 0 Å². The molecule has 1 saturated heterocycles. The summed E-state index contributed by atoms with van der Waals surface area (Å²) in [4.78, 5) is 19.2. The van der Waals surface area contributed by atoms with Crippen LogP contribution in [0.4, 0.5) is 4.79 Å². The Hall–Kier alpha value is -2.67. The van der Waals surface area contributed by atoms with Crippen LogP contribution in [0.2, 0.25) is 5.02 Å².